The second-order valence-corrected chi connectivity index (χ2v) is 9.07. The number of rotatable bonds is 5. The van der Waals surface area contributed by atoms with E-state index in [1.807, 2.05) is 12.1 Å². The fourth-order valence-corrected chi connectivity index (χ4v) is 5.97. The lowest BCUT2D eigenvalue weighted by Gasteiger charge is -2.13. The van der Waals surface area contributed by atoms with E-state index < -0.39 is 15.9 Å². The zero-order chi connectivity index (χ0) is 14.2. The number of benzene rings is 1. The van der Waals surface area contributed by atoms with Crippen LogP contribution in [0, 0.1) is 0 Å². The summed E-state index contributed by atoms with van der Waals surface area (Å²) in [6.45, 7) is 0.852. The first-order chi connectivity index (χ1) is 9.52. The highest BCUT2D eigenvalue weighted by Gasteiger charge is 2.36. The Morgan fingerprint density at radius 1 is 1.30 bits per heavy atom. The molecule has 1 saturated carbocycles. The van der Waals surface area contributed by atoms with Crippen molar-refractivity contribution in [2.24, 2.45) is 0 Å². The van der Waals surface area contributed by atoms with Crippen LogP contribution in [-0.2, 0) is 16.4 Å². The fourth-order valence-electron chi connectivity index (χ4n) is 2.36. The maximum atomic E-state index is 11.5. The molecule has 1 aliphatic heterocycles. The summed E-state index contributed by atoms with van der Waals surface area (Å²) in [6, 6.07) is 8.79. The number of hydrogen-bond donors (Lipinski definition) is 2. The number of sulfone groups is 1. The van der Waals surface area contributed by atoms with Gasteiger partial charge in [0.2, 0.25) is 0 Å². The zero-order valence-electron chi connectivity index (χ0n) is 11.2. The van der Waals surface area contributed by atoms with Crippen molar-refractivity contribution in [3.8, 4) is 0 Å². The minimum Gasteiger partial charge on any atom is -0.391 e. The van der Waals surface area contributed by atoms with Crippen molar-refractivity contribution in [2.75, 3.05) is 11.5 Å². The van der Waals surface area contributed by atoms with E-state index in [0.29, 0.717) is 6.04 Å². The molecule has 2 fully saturated rings. The summed E-state index contributed by atoms with van der Waals surface area (Å²) in [5.74, 6) is -0.0308. The van der Waals surface area contributed by atoms with E-state index in [9.17, 15) is 13.5 Å². The first-order valence-corrected chi connectivity index (χ1v) is 9.59. The summed E-state index contributed by atoms with van der Waals surface area (Å²) >= 11 is 1.47. The van der Waals surface area contributed by atoms with Crippen molar-refractivity contribution >= 4 is 21.6 Å². The van der Waals surface area contributed by atoms with Gasteiger partial charge < -0.3 is 10.4 Å². The standard InChI is InChI=1S/C14H19NO3S2/c16-13-8-20(17,18)9-14(13)19-12-3-1-2-10(6-12)7-15-11-4-5-11/h1-3,6,11,13-16H,4-5,7-9H2. The second kappa shape index (κ2) is 5.67. The van der Waals surface area contributed by atoms with Gasteiger partial charge in [0.15, 0.2) is 9.84 Å². The molecule has 1 saturated heterocycles. The summed E-state index contributed by atoms with van der Waals surface area (Å²) in [4.78, 5) is 1.03. The average molecular weight is 313 g/mol. The highest BCUT2D eigenvalue weighted by atomic mass is 32.2. The van der Waals surface area contributed by atoms with Gasteiger partial charge in [-0.3, -0.25) is 0 Å². The van der Waals surface area contributed by atoms with Crippen molar-refractivity contribution in [1.82, 2.24) is 5.32 Å². The Morgan fingerprint density at radius 2 is 2.10 bits per heavy atom. The molecule has 2 unspecified atom stereocenters. The van der Waals surface area contributed by atoms with Gasteiger partial charge in [-0.05, 0) is 30.5 Å². The quantitative estimate of drug-likeness (QED) is 0.855. The summed E-state index contributed by atoms with van der Waals surface area (Å²) in [5.41, 5.74) is 1.21. The Morgan fingerprint density at radius 3 is 2.75 bits per heavy atom. The molecule has 0 radical (unpaired) electrons. The van der Waals surface area contributed by atoms with Crippen LogP contribution in [0.5, 0.6) is 0 Å². The van der Waals surface area contributed by atoms with Crippen molar-refractivity contribution in [2.45, 2.75) is 41.7 Å². The van der Waals surface area contributed by atoms with Crippen LogP contribution < -0.4 is 5.32 Å². The molecule has 4 nitrogen and oxygen atoms in total. The molecule has 6 heteroatoms. The van der Waals surface area contributed by atoms with Crippen molar-refractivity contribution < 1.29 is 13.5 Å². The summed E-state index contributed by atoms with van der Waals surface area (Å²) in [6.07, 6.45) is 1.78. The smallest absolute Gasteiger partial charge is 0.154 e. The molecule has 1 aromatic carbocycles. The minimum absolute atomic E-state index is 0.0728. The predicted octanol–water partition coefficient (Wildman–Crippen LogP) is 1.19. The van der Waals surface area contributed by atoms with E-state index in [2.05, 4.69) is 17.4 Å². The lowest BCUT2D eigenvalue weighted by molar-refractivity contribution is 0.207. The maximum absolute atomic E-state index is 11.5. The van der Waals surface area contributed by atoms with Gasteiger partial charge in [-0.15, -0.1) is 11.8 Å². The van der Waals surface area contributed by atoms with E-state index in [0.717, 1.165) is 11.4 Å². The van der Waals surface area contributed by atoms with Gasteiger partial charge in [0.1, 0.15) is 0 Å². The molecule has 2 atom stereocenters. The SMILES string of the molecule is O=S1(=O)CC(O)C(Sc2cccc(CNC3CC3)c2)C1. The van der Waals surface area contributed by atoms with Crippen molar-refractivity contribution in [3.63, 3.8) is 0 Å². The van der Waals surface area contributed by atoms with Gasteiger partial charge in [-0.1, -0.05) is 12.1 Å². The zero-order valence-corrected chi connectivity index (χ0v) is 12.8. The highest BCUT2D eigenvalue weighted by Crippen LogP contribution is 2.31. The molecule has 2 N–H and O–H groups in total. The van der Waals surface area contributed by atoms with Crippen molar-refractivity contribution in [1.29, 1.82) is 0 Å². The van der Waals surface area contributed by atoms with Gasteiger partial charge in [-0.2, -0.15) is 0 Å². The van der Waals surface area contributed by atoms with E-state index in [4.69, 9.17) is 0 Å². The Kier molecular flexibility index (Phi) is 4.08. The maximum Gasteiger partial charge on any atom is 0.154 e. The summed E-state index contributed by atoms with van der Waals surface area (Å²) < 4.78 is 23.0. The molecular formula is C14H19NO3S2. The van der Waals surface area contributed by atoms with Gasteiger partial charge >= 0.3 is 0 Å². The van der Waals surface area contributed by atoms with E-state index >= 15 is 0 Å². The lowest BCUT2D eigenvalue weighted by atomic mass is 10.2. The largest absolute Gasteiger partial charge is 0.391 e. The van der Waals surface area contributed by atoms with Crippen LogP contribution in [0.1, 0.15) is 18.4 Å². The Balaban J connectivity index is 1.63. The molecule has 0 aromatic heterocycles. The minimum atomic E-state index is -3.07. The van der Waals surface area contributed by atoms with Crippen LogP contribution in [0.15, 0.2) is 29.2 Å². The normalized spacial score (nSPS) is 28.6. The molecule has 1 heterocycles. The third kappa shape index (κ3) is 3.75. The molecular weight excluding hydrogens is 294 g/mol. The fraction of sp³-hybridized carbons (Fsp3) is 0.571. The number of thioether (sulfide) groups is 1. The second-order valence-electron chi connectivity index (χ2n) is 5.60. The molecule has 0 spiro atoms. The molecule has 1 aliphatic carbocycles. The molecule has 20 heavy (non-hydrogen) atoms. The van der Waals surface area contributed by atoms with Crippen LogP contribution in [0.25, 0.3) is 0 Å². The van der Waals surface area contributed by atoms with Crippen molar-refractivity contribution in [3.05, 3.63) is 29.8 Å². The Bertz CT molecular complexity index is 584. The van der Waals surface area contributed by atoms with Gasteiger partial charge in [0.25, 0.3) is 0 Å². The van der Waals surface area contributed by atoms with E-state index in [1.165, 1.54) is 30.2 Å². The number of hydrogen-bond acceptors (Lipinski definition) is 5. The van der Waals surface area contributed by atoms with Crippen LogP contribution in [0.4, 0.5) is 0 Å². The van der Waals surface area contributed by atoms with E-state index in [-0.39, 0.29) is 16.8 Å². The van der Waals surface area contributed by atoms with Gasteiger partial charge in [-0.25, -0.2) is 8.42 Å². The number of nitrogens with one attached hydrogen (secondary N) is 1. The first kappa shape index (κ1) is 14.4. The molecule has 2 aliphatic rings. The molecule has 0 bridgehead atoms. The number of aliphatic hydroxyl groups excluding tert-OH is 1. The van der Waals surface area contributed by atoms with Crippen LogP contribution in [0.3, 0.4) is 0 Å². The molecule has 110 valence electrons. The average Bonchev–Trinajstić information content (AvgIpc) is 3.15. The lowest BCUT2D eigenvalue weighted by Crippen LogP contribution is -2.20. The third-order valence-corrected chi connectivity index (χ3v) is 6.87. The molecule has 0 amide bonds. The Labute approximate surface area is 123 Å². The van der Waals surface area contributed by atoms with Gasteiger partial charge in [0, 0.05) is 17.5 Å². The number of aliphatic hydroxyl groups is 1. The monoisotopic (exact) mass is 313 g/mol. The van der Waals surface area contributed by atoms with Crippen LogP contribution in [0.2, 0.25) is 0 Å². The third-order valence-electron chi connectivity index (χ3n) is 3.63. The molecule has 1 aromatic rings. The predicted molar refractivity (Wildman–Crippen MR) is 80.6 cm³/mol. The molecule has 3 rings (SSSR count). The van der Waals surface area contributed by atoms with E-state index in [1.54, 1.807) is 0 Å². The summed E-state index contributed by atoms with van der Waals surface area (Å²) in [7, 11) is -3.07. The van der Waals surface area contributed by atoms with Crippen LogP contribution in [-0.4, -0.2) is 42.4 Å². The Hall–Kier alpha value is -0.560. The highest BCUT2D eigenvalue weighted by molar-refractivity contribution is 8.02. The van der Waals surface area contributed by atoms with Crippen LogP contribution >= 0.6 is 11.8 Å². The summed E-state index contributed by atoms with van der Waals surface area (Å²) in [5, 5.41) is 13.0. The first-order valence-electron chi connectivity index (χ1n) is 6.89. The topological polar surface area (TPSA) is 66.4 Å². The van der Waals surface area contributed by atoms with Gasteiger partial charge in [0.05, 0.1) is 22.9 Å².